The van der Waals surface area contributed by atoms with Crippen LogP contribution in [0.15, 0.2) is 48.1 Å². The van der Waals surface area contributed by atoms with Crippen molar-refractivity contribution < 1.29 is 17.6 Å². The number of anilines is 1. The number of pyridine rings is 1. The van der Waals surface area contributed by atoms with Crippen LogP contribution in [-0.2, 0) is 10.0 Å². The van der Waals surface area contributed by atoms with E-state index < -0.39 is 27.8 Å². The molecule has 1 aromatic carbocycles. The van der Waals surface area contributed by atoms with Gasteiger partial charge in [-0.1, -0.05) is 0 Å². The Kier molecular flexibility index (Phi) is 5.71. The summed E-state index contributed by atoms with van der Waals surface area (Å²) in [7, 11) is -3.62. The second-order valence-corrected chi connectivity index (χ2v) is 8.71. The fourth-order valence-electron chi connectivity index (χ4n) is 2.46. The van der Waals surface area contributed by atoms with Crippen molar-refractivity contribution in [3.63, 3.8) is 0 Å². The van der Waals surface area contributed by atoms with Gasteiger partial charge in [-0.2, -0.15) is 0 Å². The number of rotatable bonds is 6. The molecule has 0 saturated heterocycles. The van der Waals surface area contributed by atoms with Crippen molar-refractivity contribution in [3.05, 3.63) is 64.5 Å². The number of amides is 1. The highest BCUT2D eigenvalue weighted by atomic mass is 32.2. The topological polar surface area (TPSA) is 101 Å². The van der Waals surface area contributed by atoms with Crippen molar-refractivity contribution in [2.45, 2.75) is 13.0 Å². The summed E-state index contributed by atoms with van der Waals surface area (Å²) in [6.07, 6.45) is 4.31. The summed E-state index contributed by atoms with van der Waals surface area (Å²) >= 11 is 1.37. The molecule has 0 aliphatic rings. The van der Waals surface area contributed by atoms with E-state index in [2.05, 4.69) is 20.0 Å². The van der Waals surface area contributed by atoms with Gasteiger partial charge in [-0.25, -0.2) is 17.8 Å². The normalized spacial score (nSPS) is 12.4. The maximum absolute atomic E-state index is 13.6. The lowest BCUT2D eigenvalue weighted by atomic mass is 10.1. The second-order valence-electron chi connectivity index (χ2n) is 6.07. The van der Waals surface area contributed by atoms with Gasteiger partial charge in [-0.3, -0.25) is 14.5 Å². The molecular weight excluding hydrogens is 403 g/mol. The number of halogens is 1. The fourth-order valence-corrected chi connectivity index (χ4v) is 3.88. The Balaban J connectivity index is 1.80. The third-order valence-electron chi connectivity index (χ3n) is 3.72. The number of aromatic nitrogens is 2. The Morgan fingerprint density at radius 2 is 2.07 bits per heavy atom. The van der Waals surface area contributed by atoms with Crippen LogP contribution in [0.2, 0.25) is 0 Å². The summed E-state index contributed by atoms with van der Waals surface area (Å²) in [6, 6.07) is 6.50. The lowest BCUT2D eigenvalue weighted by molar-refractivity contribution is 0.0940. The molecule has 1 amide bonds. The van der Waals surface area contributed by atoms with Crippen LogP contribution >= 0.6 is 11.3 Å². The number of benzene rings is 1. The minimum Gasteiger partial charge on any atom is -0.343 e. The van der Waals surface area contributed by atoms with E-state index in [9.17, 15) is 17.6 Å². The van der Waals surface area contributed by atoms with Gasteiger partial charge < -0.3 is 5.32 Å². The zero-order chi connectivity index (χ0) is 20.3. The summed E-state index contributed by atoms with van der Waals surface area (Å²) in [5.74, 6) is -1.26. The Morgan fingerprint density at radius 3 is 2.75 bits per heavy atom. The van der Waals surface area contributed by atoms with E-state index in [4.69, 9.17) is 0 Å². The Morgan fingerprint density at radius 1 is 1.29 bits per heavy atom. The van der Waals surface area contributed by atoms with Crippen LogP contribution in [-0.4, -0.2) is 30.5 Å². The van der Waals surface area contributed by atoms with Crippen LogP contribution in [0, 0.1) is 5.82 Å². The van der Waals surface area contributed by atoms with E-state index in [1.165, 1.54) is 17.4 Å². The number of sulfonamides is 1. The van der Waals surface area contributed by atoms with Gasteiger partial charge in [0.25, 0.3) is 5.91 Å². The monoisotopic (exact) mass is 420 g/mol. The van der Waals surface area contributed by atoms with Gasteiger partial charge >= 0.3 is 0 Å². The van der Waals surface area contributed by atoms with Crippen LogP contribution in [0.4, 0.5) is 10.1 Å². The van der Waals surface area contributed by atoms with Crippen LogP contribution < -0.4 is 10.0 Å². The Labute approximate surface area is 165 Å². The summed E-state index contributed by atoms with van der Waals surface area (Å²) in [5, 5.41) is 5.23. The highest BCUT2D eigenvalue weighted by molar-refractivity contribution is 7.92. The zero-order valence-electron chi connectivity index (χ0n) is 15.0. The van der Waals surface area contributed by atoms with Gasteiger partial charge in [0.05, 0.1) is 29.2 Å². The van der Waals surface area contributed by atoms with Gasteiger partial charge in [0.1, 0.15) is 10.8 Å². The average Bonchev–Trinajstić information content (AvgIpc) is 3.13. The predicted octanol–water partition coefficient (Wildman–Crippen LogP) is 3.21. The van der Waals surface area contributed by atoms with E-state index in [0.29, 0.717) is 5.01 Å². The van der Waals surface area contributed by atoms with Crippen LogP contribution in [0.1, 0.15) is 28.3 Å². The molecule has 146 valence electrons. The molecule has 0 aliphatic carbocycles. The largest absolute Gasteiger partial charge is 0.343 e. The van der Waals surface area contributed by atoms with Crippen molar-refractivity contribution in [3.8, 4) is 11.3 Å². The van der Waals surface area contributed by atoms with Crippen molar-refractivity contribution in [1.29, 1.82) is 0 Å². The molecular formula is C18H17FN4O3S2. The maximum atomic E-state index is 13.6. The number of nitrogens with zero attached hydrogens (tertiary/aromatic N) is 2. The Hall–Kier alpha value is -2.85. The maximum Gasteiger partial charge on any atom is 0.254 e. The van der Waals surface area contributed by atoms with Crippen LogP contribution in [0.25, 0.3) is 11.3 Å². The van der Waals surface area contributed by atoms with Gasteiger partial charge in [0.15, 0.2) is 0 Å². The molecule has 0 radical (unpaired) electrons. The second kappa shape index (κ2) is 8.03. The smallest absolute Gasteiger partial charge is 0.254 e. The van der Waals surface area contributed by atoms with Gasteiger partial charge in [0, 0.05) is 23.3 Å². The molecule has 0 fully saturated rings. The number of carbonyl (C=O) groups excluding carboxylic acids is 1. The third-order valence-corrected chi connectivity index (χ3v) is 5.34. The highest BCUT2D eigenvalue weighted by Crippen LogP contribution is 2.26. The molecule has 10 heteroatoms. The standard InChI is InChI=1S/C18H17FN4O3S2/c1-11(18-22-16(10-27-18)12-4-3-7-20-9-12)21-17(24)14-8-13(19)5-6-15(14)23-28(2,25)26/h3-11,23H,1-2H3,(H,21,24). The van der Waals surface area contributed by atoms with E-state index in [1.807, 2.05) is 11.4 Å². The number of hydrogen-bond acceptors (Lipinski definition) is 6. The van der Waals surface area contributed by atoms with Crippen LogP contribution in [0.3, 0.4) is 0 Å². The number of nitrogens with one attached hydrogen (secondary N) is 2. The van der Waals surface area contributed by atoms with Gasteiger partial charge in [0.2, 0.25) is 10.0 Å². The minimum atomic E-state index is -3.62. The minimum absolute atomic E-state index is 0.00351. The van der Waals surface area contributed by atoms with E-state index in [0.717, 1.165) is 29.6 Å². The first-order valence-electron chi connectivity index (χ1n) is 8.17. The van der Waals surface area contributed by atoms with Gasteiger partial charge in [-0.15, -0.1) is 11.3 Å². The predicted molar refractivity (Wildman–Crippen MR) is 106 cm³/mol. The molecule has 0 spiro atoms. The molecule has 1 atom stereocenters. The molecule has 2 heterocycles. The molecule has 0 aliphatic heterocycles. The first-order chi connectivity index (χ1) is 13.2. The van der Waals surface area contributed by atoms with E-state index in [1.54, 1.807) is 25.4 Å². The van der Waals surface area contributed by atoms with Crippen molar-refractivity contribution in [2.24, 2.45) is 0 Å². The average molecular weight is 420 g/mol. The zero-order valence-corrected chi connectivity index (χ0v) is 16.6. The summed E-state index contributed by atoms with van der Waals surface area (Å²) < 4.78 is 38.8. The third kappa shape index (κ3) is 4.90. The van der Waals surface area contributed by atoms with Crippen molar-refractivity contribution in [1.82, 2.24) is 15.3 Å². The molecule has 0 saturated carbocycles. The first kappa shape index (κ1) is 19.9. The lowest BCUT2D eigenvalue weighted by Crippen LogP contribution is -2.28. The molecule has 3 aromatic rings. The molecule has 2 aromatic heterocycles. The Bertz CT molecular complexity index is 1100. The number of hydrogen-bond donors (Lipinski definition) is 2. The fraction of sp³-hybridized carbons (Fsp3) is 0.167. The van der Waals surface area contributed by atoms with E-state index >= 15 is 0 Å². The highest BCUT2D eigenvalue weighted by Gasteiger charge is 2.19. The summed E-state index contributed by atoms with van der Waals surface area (Å²) in [6.45, 7) is 1.74. The molecule has 0 bridgehead atoms. The van der Waals surface area contributed by atoms with Crippen molar-refractivity contribution in [2.75, 3.05) is 11.0 Å². The number of thiazole rings is 1. The molecule has 2 N–H and O–H groups in total. The quantitative estimate of drug-likeness (QED) is 0.638. The summed E-state index contributed by atoms with van der Waals surface area (Å²) in [4.78, 5) is 21.2. The SMILES string of the molecule is CC(NC(=O)c1cc(F)ccc1NS(C)(=O)=O)c1nc(-c2cccnc2)cs1. The molecule has 1 unspecified atom stereocenters. The molecule has 7 nitrogen and oxygen atoms in total. The van der Waals surface area contributed by atoms with E-state index in [-0.39, 0.29) is 11.3 Å². The summed E-state index contributed by atoms with van der Waals surface area (Å²) in [5.41, 5.74) is 1.48. The van der Waals surface area contributed by atoms with Crippen LogP contribution in [0.5, 0.6) is 0 Å². The van der Waals surface area contributed by atoms with Gasteiger partial charge in [-0.05, 0) is 37.3 Å². The first-order valence-corrected chi connectivity index (χ1v) is 10.9. The lowest BCUT2D eigenvalue weighted by Gasteiger charge is -2.14. The number of carbonyl (C=O) groups is 1. The molecule has 3 rings (SSSR count). The van der Waals surface area contributed by atoms with Crippen molar-refractivity contribution >= 4 is 33.0 Å². The molecule has 28 heavy (non-hydrogen) atoms.